The third-order valence-corrected chi connectivity index (χ3v) is 5.60. The molecule has 2 N–H and O–H groups in total. The van der Waals surface area contributed by atoms with Crippen molar-refractivity contribution in [2.75, 3.05) is 29.6 Å². The van der Waals surface area contributed by atoms with Crippen LogP contribution in [-0.2, 0) is 21.1 Å². The Bertz CT molecular complexity index is 923. The molecule has 0 spiro atoms. The van der Waals surface area contributed by atoms with Gasteiger partial charge in [-0.2, -0.15) is 0 Å². The number of carbonyl (C=O) groups is 2. The molecule has 3 amide bonds. The van der Waals surface area contributed by atoms with Gasteiger partial charge >= 0.3 is 6.03 Å². The zero-order valence-corrected chi connectivity index (χ0v) is 15.0. The number of thiazole rings is 1. The zero-order valence-electron chi connectivity index (χ0n) is 13.4. The van der Waals surface area contributed by atoms with Gasteiger partial charge in [0.1, 0.15) is 0 Å². The summed E-state index contributed by atoms with van der Waals surface area (Å²) in [5.74, 6) is -0.376. The molecule has 1 aromatic carbocycles. The highest BCUT2D eigenvalue weighted by molar-refractivity contribution is 7.90. The molecule has 1 fully saturated rings. The molecule has 0 aliphatic carbocycles. The Morgan fingerprint density at radius 1 is 1.40 bits per heavy atom. The van der Waals surface area contributed by atoms with E-state index in [0.717, 1.165) is 6.26 Å². The topological polar surface area (TPSA) is 108 Å². The monoisotopic (exact) mass is 380 g/mol. The number of hydrogen-bond donors (Lipinski definition) is 2. The Kier molecular flexibility index (Phi) is 4.73. The molecule has 0 unspecified atom stereocenters. The average Bonchev–Trinajstić information content (AvgIpc) is 3.15. The van der Waals surface area contributed by atoms with Gasteiger partial charge in [-0.3, -0.25) is 9.69 Å². The molecule has 2 aromatic rings. The Hall–Kier alpha value is -2.46. The lowest BCUT2D eigenvalue weighted by Gasteiger charge is -2.09. The number of urea groups is 1. The first kappa shape index (κ1) is 17.4. The maximum absolute atomic E-state index is 12.2. The van der Waals surface area contributed by atoms with Crippen LogP contribution in [-0.4, -0.2) is 44.7 Å². The molecule has 1 saturated heterocycles. The standard InChI is InChI=1S/C15H16N4O4S2/c1-25(22,23)12-5-3-2-4-11(12)18-13(20)8-10-9-24-15(17-10)19-7-6-16-14(19)21/h2-5,9H,6-8H2,1H3,(H,16,21)(H,18,20). The fourth-order valence-electron chi connectivity index (χ4n) is 2.41. The van der Waals surface area contributed by atoms with E-state index in [9.17, 15) is 18.0 Å². The van der Waals surface area contributed by atoms with Crippen molar-refractivity contribution in [2.24, 2.45) is 0 Å². The van der Waals surface area contributed by atoms with Gasteiger partial charge < -0.3 is 10.6 Å². The van der Waals surface area contributed by atoms with E-state index in [-0.39, 0.29) is 28.9 Å². The third kappa shape index (κ3) is 3.97. The number of sulfone groups is 1. The van der Waals surface area contributed by atoms with Crippen LogP contribution in [0, 0.1) is 0 Å². The molecule has 8 nitrogen and oxygen atoms in total. The normalized spacial score (nSPS) is 14.4. The lowest BCUT2D eigenvalue weighted by atomic mass is 10.3. The Labute approximate surface area is 148 Å². The van der Waals surface area contributed by atoms with Crippen molar-refractivity contribution in [1.82, 2.24) is 10.3 Å². The lowest BCUT2D eigenvalue weighted by molar-refractivity contribution is -0.115. The number of anilines is 2. The van der Waals surface area contributed by atoms with Gasteiger partial charge in [0, 0.05) is 24.7 Å². The van der Waals surface area contributed by atoms with Crippen molar-refractivity contribution in [2.45, 2.75) is 11.3 Å². The largest absolute Gasteiger partial charge is 0.336 e. The molecule has 1 aromatic heterocycles. The summed E-state index contributed by atoms with van der Waals surface area (Å²) in [5, 5.41) is 7.54. The van der Waals surface area contributed by atoms with E-state index >= 15 is 0 Å². The minimum absolute atomic E-state index is 0.00987. The first-order chi connectivity index (χ1) is 11.8. The molecule has 0 saturated carbocycles. The minimum Gasteiger partial charge on any atom is -0.336 e. The Morgan fingerprint density at radius 2 is 2.16 bits per heavy atom. The number of para-hydroxylation sites is 1. The second-order valence-electron chi connectivity index (χ2n) is 5.50. The van der Waals surface area contributed by atoms with E-state index in [4.69, 9.17) is 0 Å². The van der Waals surface area contributed by atoms with Crippen molar-refractivity contribution in [3.05, 3.63) is 35.3 Å². The lowest BCUT2D eigenvalue weighted by Crippen LogP contribution is -2.27. The zero-order chi connectivity index (χ0) is 18.0. The molecular weight excluding hydrogens is 364 g/mol. The van der Waals surface area contributed by atoms with Crippen LogP contribution >= 0.6 is 11.3 Å². The number of nitrogens with one attached hydrogen (secondary N) is 2. The highest BCUT2D eigenvalue weighted by Gasteiger charge is 2.24. The maximum atomic E-state index is 12.2. The van der Waals surface area contributed by atoms with Crippen LogP contribution in [0.5, 0.6) is 0 Å². The minimum atomic E-state index is -3.44. The summed E-state index contributed by atoms with van der Waals surface area (Å²) < 4.78 is 23.5. The Morgan fingerprint density at radius 3 is 2.84 bits per heavy atom. The van der Waals surface area contributed by atoms with Gasteiger partial charge in [-0.1, -0.05) is 12.1 Å². The van der Waals surface area contributed by atoms with Gasteiger partial charge in [0.05, 0.1) is 22.7 Å². The van der Waals surface area contributed by atoms with Gasteiger partial charge in [-0.25, -0.2) is 18.2 Å². The summed E-state index contributed by atoms with van der Waals surface area (Å²) in [5.41, 5.74) is 0.762. The highest BCUT2D eigenvalue weighted by atomic mass is 32.2. The summed E-state index contributed by atoms with van der Waals surface area (Å²) in [6.45, 7) is 1.11. The maximum Gasteiger partial charge on any atom is 0.323 e. The van der Waals surface area contributed by atoms with Crippen molar-refractivity contribution in [3.63, 3.8) is 0 Å². The molecule has 2 heterocycles. The Balaban J connectivity index is 1.70. The number of nitrogens with zero attached hydrogens (tertiary/aromatic N) is 2. The number of rotatable bonds is 5. The van der Waals surface area contributed by atoms with E-state index in [1.165, 1.54) is 28.4 Å². The van der Waals surface area contributed by atoms with Crippen LogP contribution in [0.4, 0.5) is 15.6 Å². The summed E-state index contributed by atoms with van der Waals surface area (Å²) in [6.07, 6.45) is 1.08. The quantitative estimate of drug-likeness (QED) is 0.812. The number of hydrogen-bond acceptors (Lipinski definition) is 6. The molecule has 1 aliphatic rings. The smallest absolute Gasteiger partial charge is 0.323 e. The molecule has 0 radical (unpaired) electrons. The van der Waals surface area contributed by atoms with Crippen molar-refractivity contribution < 1.29 is 18.0 Å². The van der Waals surface area contributed by atoms with Gasteiger partial charge in [0.15, 0.2) is 15.0 Å². The number of carbonyl (C=O) groups excluding carboxylic acids is 2. The summed E-state index contributed by atoms with van der Waals surface area (Å²) in [7, 11) is -3.44. The van der Waals surface area contributed by atoms with Crippen LogP contribution in [0.1, 0.15) is 5.69 Å². The molecule has 0 bridgehead atoms. The molecule has 25 heavy (non-hydrogen) atoms. The predicted molar refractivity (Wildman–Crippen MR) is 94.7 cm³/mol. The van der Waals surface area contributed by atoms with Gasteiger partial charge in [-0.15, -0.1) is 11.3 Å². The number of benzene rings is 1. The second kappa shape index (κ2) is 6.81. The molecule has 10 heteroatoms. The van der Waals surface area contributed by atoms with Gasteiger partial charge in [-0.05, 0) is 12.1 Å². The third-order valence-electron chi connectivity index (χ3n) is 3.53. The second-order valence-corrected chi connectivity index (χ2v) is 8.32. The fraction of sp³-hybridized carbons (Fsp3) is 0.267. The van der Waals surface area contributed by atoms with E-state index in [2.05, 4.69) is 15.6 Å². The fourth-order valence-corrected chi connectivity index (χ4v) is 4.10. The predicted octanol–water partition coefficient (Wildman–Crippen LogP) is 1.26. The van der Waals surface area contributed by atoms with Crippen LogP contribution in [0.15, 0.2) is 34.5 Å². The number of aromatic nitrogens is 1. The average molecular weight is 380 g/mol. The van der Waals surface area contributed by atoms with Crippen LogP contribution in [0.3, 0.4) is 0 Å². The molecule has 132 valence electrons. The van der Waals surface area contributed by atoms with E-state index in [1.54, 1.807) is 17.5 Å². The first-order valence-electron chi connectivity index (χ1n) is 7.43. The van der Waals surface area contributed by atoms with Crippen molar-refractivity contribution in [3.8, 4) is 0 Å². The van der Waals surface area contributed by atoms with E-state index < -0.39 is 9.84 Å². The van der Waals surface area contributed by atoms with Crippen molar-refractivity contribution >= 4 is 43.9 Å². The highest BCUT2D eigenvalue weighted by Crippen LogP contribution is 2.23. The van der Waals surface area contributed by atoms with Crippen molar-refractivity contribution in [1.29, 1.82) is 0 Å². The SMILES string of the molecule is CS(=O)(=O)c1ccccc1NC(=O)Cc1csc(N2CCNC2=O)n1. The van der Waals surface area contributed by atoms with Gasteiger partial charge in [0.2, 0.25) is 5.91 Å². The van der Waals surface area contributed by atoms with Crippen LogP contribution in [0.25, 0.3) is 0 Å². The molecule has 3 rings (SSSR count). The van der Waals surface area contributed by atoms with E-state index in [0.29, 0.717) is 23.9 Å². The van der Waals surface area contributed by atoms with E-state index in [1.807, 2.05) is 0 Å². The van der Waals surface area contributed by atoms with Crippen LogP contribution < -0.4 is 15.5 Å². The summed E-state index contributed by atoms with van der Waals surface area (Å²) >= 11 is 1.28. The van der Waals surface area contributed by atoms with Crippen LogP contribution in [0.2, 0.25) is 0 Å². The first-order valence-corrected chi connectivity index (χ1v) is 10.2. The summed E-state index contributed by atoms with van der Waals surface area (Å²) in [4.78, 5) is 29.7. The molecular formula is C15H16N4O4S2. The molecule has 1 aliphatic heterocycles. The number of amides is 3. The van der Waals surface area contributed by atoms with Gasteiger partial charge in [0.25, 0.3) is 0 Å². The summed E-state index contributed by atoms with van der Waals surface area (Å²) in [6, 6.07) is 6.03. The molecule has 0 atom stereocenters.